The maximum Gasteiger partial charge on any atom is 0.317 e. The van der Waals surface area contributed by atoms with E-state index in [9.17, 15) is 14.3 Å². The van der Waals surface area contributed by atoms with Gasteiger partial charge in [-0.15, -0.1) is 0 Å². The van der Waals surface area contributed by atoms with Gasteiger partial charge in [-0.3, -0.25) is 0 Å². The van der Waals surface area contributed by atoms with Crippen molar-refractivity contribution < 1.29 is 14.3 Å². The molecule has 110 valence electrons. The number of hydrogen-bond donors (Lipinski definition) is 2. The third-order valence-corrected chi connectivity index (χ3v) is 3.83. The van der Waals surface area contributed by atoms with Crippen molar-refractivity contribution in [3.63, 3.8) is 0 Å². The third kappa shape index (κ3) is 3.70. The topological polar surface area (TPSA) is 52.6 Å². The molecule has 0 bridgehead atoms. The van der Waals surface area contributed by atoms with Gasteiger partial charge >= 0.3 is 6.03 Å². The summed E-state index contributed by atoms with van der Waals surface area (Å²) in [7, 11) is 0. The second-order valence-corrected chi connectivity index (χ2v) is 5.35. The largest absolute Gasteiger partial charge is 0.391 e. The van der Waals surface area contributed by atoms with Gasteiger partial charge in [-0.2, -0.15) is 0 Å². The lowest BCUT2D eigenvalue weighted by Crippen LogP contribution is -2.50. The Kier molecular flexibility index (Phi) is 4.95. The van der Waals surface area contributed by atoms with Crippen LogP contribution in [0.3, 0.4) is 0 Å². The summed E-state index contributed by atoms with van der Waals surface area (Å²) in [5.74, 6) is -0.0126. The number of benzene rings is 1. The van der Waals surface area contributed by atoms with Gasteiger partial charge in [-0.1, -0.05) is 25.1 Å². The summed E-state index contributed by atoms with van der Waals surface area (Å²) in [6.45, 7) is 3.40. The minimum atomic E-state index is -0.457. The summed E-state index contributed by atoms with van der Waals surface area (Å²) in [5.41, 5.74) is 0.597. The molecule has 2 amide bonds. The molecule has 0 saturated carbocycles. The Morgan fingerprint density at radius 1 is 1.50 bits per heavy atom. The van der Waals surface area contributed by atoms with E-state index < -0.39 is 6.10 Å². The lowest BCUT2D eigenvalue weighted by atomic mass is 9.96. The molecule has 1 saturated heterocycles. The minimum Gasteiger partial charge on any atom is -0.391 e. The highest BCUT2D eigenvalue weighted by atomic mass is 19.1. The smallest absolute Gasteiger partial charge is 0.317 e. The molecule has 0 radical (unpaired) electrons. The van der Waals surface area contributed by atoms with E-state index >= 15 is 0 Å². The Balaban J connectivity index is 1.77. The molecule has 2 rings (SSSR count). The Labute approximate surface area is 118 Å². The molecular weight excluding hydrogens is 259 g/mol. The Morgan fingerprint density at radius 3 is 2.95 bits per heavy atom. The van der Waals surface area contributed by atoms with Crippen molar-refractivity contribution in [1.29, 1.82) is 0 Å². The number of likely N-dealkylation sites (tertiary alicyclic amines) is 1. The van der Waals surface area contributed by atoms with Gasteiger partial charge in [-0.25, -0.2) is 9.18 Å². The number of aliphatic hydroxyl groups is 1. The number of hydrogen-bond acceptors (Lipinski definition) is 2. The maximum atomic E-state index is 13.4. The fourth-order valence-electron chi connectivity index (χ4n) is 2.35. The Bertz CT molecular complexity index is 467. The summed E-state index contributed by atoms with van der Waals surface area (Å²) in [4.78, 5) is 13.6. The summed E-state index contributed by atoms with van der Waals surface area (Å²) < 4.78 is 13.4. The first kappa shape index (κ1) is 14.8. The molecule has 1 aromatic rings. The molecule has 0 aromatic heterocycles. The van der Waals surface area contributed by atoms with Gasteiger partial charge in [0.1, 0.15) is 5.82 Å². The van der Waals surface area contributed by atoms with Crippen molar-refractivity contribution in [2.24, 2.45) is 5.92 Å². The molecule has 0 spiro atoms. The van der Waals surface area contributed by atoms with Crippen LogP contribution in [0, 0.1) is 11.7 Å². The molecule has 1 aromatic carbocycles. The maximum absolute atomic E-state index is 13.4. The van der Waals surface area contributed by atoms with Crippen LogP contribution in [-0.2, 0) is 6.42 Å². The first-order chi connectivity index (χ1) is 9.58. The van der Waals surface area contributed by atoms with Crippen molar-refractivity contribution in [3.05, 3.63) is 35.6 Å². The average Bonchev–Trinajstić information content (AvgIpc) is 2.44. The monoisotopic (exact) mass is 280 g/mol. The number of carbonyl (C=O) groups is 1. The van der Waals surface area contributed by atoms with E-state index in [1.165, 1.54) is 6.07 Å². The molecule has 2 N–H and O–H groups in total. The molecule has 4 nitrogen and oxygen atoms in total. The van der Waals surface area contributed by atoms with Crippen molar-refractivity contribution >= 4 is 6.03 Å². The minimum absolute atomic E-state index is 0.188. The van der Waals surface area contributed by atoms with Crippen LogP contribution in [0.5, 0.6) is 0 Å². The molecule has 20 heavy (non-hydrogen) atoms. The van der Waals surface area contributed by atoms with Crippen LogP contribution < -0.4 is 5.32 Å². The van der Waals surface area contributed by atoms with Gasteiger partial charge in [0, 0.05) is 19.6 Å². The number of piperidine rings is 1. The van der Waals surface area contributed by atoms with Crippen molar-refractivity contribution in [3.8, 4) is 0 Å². The number of carbonyl (C=O) groups excluding carboxylic acids is 1. The van der Waals surface area contributed by atoms with Crippen molar-refractivity contribution in [2.75, 3.05) is 19.6 Å². The SMILES string of the molecule is CC1CCN(C(=O)NCCc2ccccc2F)CC1O. The highest BCUT2D eigenvalue weighted by molar-refractivity contribution is 5.74. The average molecular weight is 280 g/mol. The van der Waals surface area contributed by atoms with Crippen LogP contribution in [0.25, 0.3) is 0 Å². The summed E-state index contributed by atoms with van der Waals surface area (Å²) in [5, 5.41) is 12.5. The number of amides is 2. The normalized spacial score (nSPS) is 22.6. The fraction of sp³-hybridized carbons (Fsp3) is 0.533. The molecule has 1 heterocycles. The molecule has 2 unspecified atom stereocenters. The third-order valence-electron chi connectivity index (χ3n) is 3.83. The summed E-state index contributed by atoms with van der Waals surface area (Å²) in [6.07, 6.45) is 0.814. The predicted octanol–water partition coefficient (Wildman–Crippen LogP) is 1.78. The zero-order valence-corrected chi connectivity index (χ0v) is 11.7. The van der Waals surface area contributed by atoms with Gasteiger partial charge in [-0.05, 0) is 30.4 Å². The first-order valence-corrected chi connectivity index (χ1v) is 7.02. The highest BCUT2D eigenvalue weighted by Gasteiger charge is 2.26. The van der Waals surface area contributed by atoms with Gasteiger partial charge < -0.3 is 15.3 Å². The molecule has 1 aliphatic rings. The van der Waals surface area contributed by atoms with Crippen molar-refractivity contribution in [1.82, 2.24) is 10.2 Å². The van der Waals surface area contributed by atoms with Crippen molar-refractivity contribution in [2.45, 2.75) is 25.9 Å². The number of aliphatic hydroxyl groups excluding tert-OH is 1. The summed E-state index contributed by atoms with van der Waals surface area (Å²) >= 11 is 0. The molecule has 1 fully saturated rings. The van der Waals surface area contributed by atoms with Gasteiger partial charge in [0.15, 0.2) is 0 Å². The zero-order valence-electron chi connectivity index (χ0n) is 11.7. The number of nitrogens with one attached hydrogen (secondary N) is 1. The van der Waals surface area contributed by atoms with E-state index in [1.54, 1.807) is 23.1 Å². The van der Waals surface area contributed by atoms with E-state index in [0.717, 1.165) is 6.42 Å². The second kappa shape index (κ2) is 6.70. The van der Waals surface area contributed by atoms with E-state index in [2.05, 4.69) is 5.32 Å². The lowest BCUT2D eigenvalue weighted by molar-refractivity contribution is 0.0436. The number of β-amino-alcohol motifs (C(OH)–C–C–N with tert-alkyl or cyclic N) is 1. The zero-order chi connectivity index (χ0) is 14.5. The Morgan fingerprint density at radius 2 is 2.25 bits per heavy atom. The molecule has 5 heteroatoms. The summed E-state index contributed by atoms with van der Waals surface area (Å²) in [6, 6.07) is 6.37. The number of nitrogens with zero attached hydrogens (tertiary/aromatic N) is 1. The van der Waals surface area contributed by atoms with E-state index in [-0.39, 0.29) is 17.8 Å². The van der Waals surface area contributed by atoms with E-state index in [0.29, 0.717) is 31.6 Å². The van der Waals surface area contributed by atoms with Gasteiger partial charge in [0.2, 0.25) is 0 Å². The standard InChI is InChI=1S/C15H21FN2O2/c1-11-7-9-18(10-14(11)19)15(20)17-8-6-12-4-2-3-5-13(12)16/h2-5,11,14,19H,6-10H2,1H3,(H,17,20). The van der Waals surface area contributed by atoms with E-state index in [1.807, 2.05) is 6.92 Å². The number of halogens is 1. The predicted molar refractivity (Wildman–Crippen MR) is 74.9 cm³/mol. The van der Waals surface area contributed by atoms with Gasteiger partial charge in [0.05, 0.1) is 6.10 Å². The van der Waals surface area contributed by atoms with Crippen LogP contribution in [0.4, 0.5) is 9.18 Å². The van der Waals surface area contributed by atoms with Gasteiger partial charge in [0.25, 0.3) is 0 Å². The number of urea groups is 1. The van der Waals surface area contributed by atoms with Crippen LogP contribution in [0.2, 0.25) is 0 Å². The molecule has 2 atom stereocenters. The van der Waals surface area contributed by atoms with Crippen LogP contribution in [0.1, 0.15) is 18.9 Å². The molecule has 1 aliphatic heterocycles. The Hall–Kier alpha value is -1.62. The molecular formula is C15H21FN2O2. The molecule has 0 aliphatic carbocycles. The quantitative estimate of drug-likeness (QED) is 0.887. The van der Waals surface area contributed by atoms with Crippen LogP contribution in [0.15, 0.2) is 24.3 Å². The highest BCUT2D eigenvalue weighted by Crippen LogP contribution is 2.16. The van der Waals surface area contributed by atoms with E-state index in [4.69, 9.17) is 0 Å². The van der Waals surface area contributed by atoms with Crippen LogP contribution >= 0.6 is 0 Å². The fourth-order valence-corrected chi connectivity index (χ4v) is 2.35. The number of rotatable bonds is 3. The van der Waals surface area contributed by atoms with Crippen LogP contribution in [-0.4, -0.2) is 41.8 Å². The second-order valence-electron chi connectivity index (χ2n) is 5.35. The first-order valence-electron chi connectivity index (χ1n) is 7.02. The lowest BCUT2D eigenvalue weighted by Gasteiger charge is -2.34.